The molecule has 0 saturated heterocycles. The lowest BCUT2D eigenvalue weighted by atomic mass is 10.1. The van der Waals surface area contributed by atoms with Crippen molar-refractivity contribution in [1.29, 1.82) is 0 Å². The van der Waals surface area contributed by atoms with Gasteiger partial charge in [-0.3, -0.25) is 0 Å². The number of hydrogen-bond acceptors (Lipinski definition) is 1. The number of rotatable bonds is 3. The maximum atomic E-state index is 9.62. The second kappa shape index (κ2) is 4.80. The van der Waals surface area contributed by atoms with E-state index in [0.717, 1.165) is 10.0 Å². The molecule has 0 aliphatic carbocycles. The molecule has 70 valence electrons. The summed E-state index contributed by atoms with van der Waals surface area (Å²) in [6.45, 7) is 3.56. The number of halogens is 2. The molecule has 0 bridgehead atoms. The van der Waals surface area contributed by atoms with Crippen molar-refractivity contribution in [3.05, 3.63) is 45.9 Å². The van der Waals surface area contributed by atoms with Gasteiger partial charge in [-0.25, -0.2) is 0 Å². The molecule has 1 rings (SSSR count). The number of hydrogen-bond donors (Lipinski definition) is 1. The Balaban J connectivity index is 2.94. The third-order valence-electron chi connectivity index (χ3n) is 1.71. The van der Waals surface area contributed by atoms with E-state index in [-0.39, 0.29) is 0 Å². The van der Waals surface area contributed by atoms with Crippen molar-refractivity contribution >= 4 is 27.5 Å². The molecule has 1 atom stereocenters. The first-order chi connectivity index (χ1) is 6.15. The zero-order valence-electron chi connectivity index (χ0n) is 7.00. The number of aliphatic hydroxyl groups is 1. The van der Waals surface area contributed by atoms with Crippen LogP contribution in [0.3, 0.4) is 0 Å². The smallest absolute Gasteiger partial charge is 0.0838 e. The van der Waals surface area contributed by atoms with Gasteiger partial charge in [-0.05, 0) is 24.1 Å². The first-order valence-electron chi connectivity index (χ1n) is 3.89. The fourth-order valence-electron chi connectivity index (χ4n) is 1.06. The summed E-state index contributed by atoms with van der Waals surface area (Å²) < 4.78 is 0.909. The number of benzene rings is 1. The molecule has 1 N–H and O–H groups in total. The van der Waals surface area contributed by atoms with E-state index >= 15 is 0 Å². The largest absolute Gasteiger partial charge is 0.388 e. The zero-order valence-corrected chi connectivity index (χ0v) is 9.35. The molecule has 0 spiro atoms. The van der Waals surface area contributed by atoms with Gasteiger partial charge in [0.1, 0.15) is 0 Å². The Labute approximate surface area is 91.2 Å². The Morgan fingerprint density at radius 3 is 2.85 bits per heavy atom. The number of aliphatic hydroxyl groups excluding tert-OH is 1. The van der Waals surface area contributed by atoms with Crippen molar-refractivity contribution in [3.8, 4) is 0 Å². The van der Waals surface area contributed by atoms with Crippen LogP contribution in [0, 0.1) is 0 Å². The predicted octanol–water partition coefficient (Wildman–Crippen LogP) is 3.71. The second-order valence-corrected chi connectivity index (χ2v) is 4.03. The minimum absolute atomic E-state index is 0.515. The first-order valence-corrected chi connectivity index (χ1v) is 5.06. The Morgan fingerprint density at radius 2 is 2.31 bits per heavy atom. The van der Waals surface area contributed by atoms with E-state index in [4.69, 9.17) is 11.6 Å². The minimum atomic E-state index is -0.557. The van der Waals surface area contributed by atoms with Crippen LogP contribution in [0.25, 0.3) is 0 Å². The lowest BCUT2D eigenvalue weighted by Crippen LogP contribution is -1.96. The highest BCUT2D eigenvalue weighted by molar-refractivity contribution is 9.10. The molecule has 1 unspecified atom stereocenters. The van der Waals surface area contributed by atoms with Gasteiger partial charge in [0.25, 0.3) is 0 Å². The molecule has 13 heavy (non-hydrogen) atoms. The van der Waals surface area contributed by atoms with Crippen molar-refractivity contribution in [1.82, 2.24) is 0 Å². The Bertz CT molecular complexity index is 312. The van der Waals surface area contributed by atoms with E-state index in [1.807, 2.05) is 6.07 Å². The fourth-order valence-corrected chi connectivity index (χ4v) is 1.86. The van der Waals surface area contributed by atoms with Crippen LogP contribution in [0.1, 0.15) is 18.1 Å². The average Bonchev–Trinajstić information content (AvgIpc) is 2.04. The minimum Gasteiger partial charge on any atom is -0.388 e. The molecule has 0 saturated carbocycles. The van der Waals surface area contributed by atoms with Crippen molar-refractivity contribution in [2.45, 2.75) is 12.5 Å². The van der Waals surface area contributed by atoms with Crippen molar-refractivity contribution in [2.75, 3.05) is 0 Å². The van der Waals surface area contributed by atoms with Gasteiger partial charge in [0.2, 0.25) is 0 Å². The molecule has 0 radical (unpaired) electrons. The summed E-state index contributed by atoms with van der Waals surface area (Å²) in [6.07, 6.45) is 1.63. The average molecular weight is 262 g/mol. The summed E-state index contributed by atoms with van der Waals surface area (Å²) >= 11 is 9.23. The van der Waals surface area contributed by atoms with E-state index in [1.165, 1.54) is 0 Å². The van der Waals surface area contributed by atoms with Crippen LogP contribution < -0.4 is 0 Å². The molecule has 0 aliphatic rings. The monoisotopic (exact) mass is 260 g/mol. The second-order valence-electron chi connectivity index (χ2n) is 2.71. The van der Waals surface area contributed by atoms with E-state index in [1.54, 1.807) is 18.2 Å². The van der Waals surface area contributed by atoms with Crippen LogP contribution in [0.4, 0.5) is 0 Å². The highest BCUT2D eigenvalue weighted by atomic mass is 79.9. The van der Waals surface area contributed by atoms with Crippen LogP contribution in [0.5, 0.6) is 0 Å². The summed E-state index contributed by atoms with van der Waals surface area (Å²) in [7, 11) is 0. The first kappa shape index (κ1) is 10.8. The summed E-state index contributed by atoms with van der Waals surface area (Å²) in [6, 6.07) is 5.43. The van der Waals surface area contributed by atoms with Crippen molar-refractivity contribution < 1.29 is 5.11 Å². The van der Waals surface area contributed by atoms with E-state index in [9.17, 15) is 5.11 Å². The Hall–Kier alpha value is -0.310. The van der Waals surface area contributed by atoms with Gasteiger partial charge in [0, 0.05) is 9.50 Å². The molecule has 0 aliphatic heterocycles. The van der Waals surface area contributed by atoms with Crippen LogP contribution in [0.2, 0.25) is 5.02 Å². The molecule has 1 nitrogen and oxygen atoms in total. The van der Waals surface area contributed by atoms with Gasteiger partial charge in [-0.2, -0.15) is 0 Å². The van der Waals surface area contributed by atoms with Gasteiger partial charge in [0.05, 0.1) is 6.10 Å². The lowest BCUT2D eigenvalue weighted by Gasteiger charge is -2.10. The molecule has 0 amide bonds. The highest BCUT2D eigenvalue weighted by Crippen LogP contribution is 2.28. The molecule has 0 heterocycles. The van der Waals surface area contributed by atoms with Gasteiger partial charge >= 0.3 is 0 Å². The van der Waals surface area contributed by atoms with Crippen LogP contribution in [-0.2, 0) is 0 Å². The predicted molar refractivity (Wildman–Crippen MR) is 58.9 cm³/mol. The Morgan fingerprint density at radius 1 is 1.62 bits per heavy atom. The maximum Gasteiger partial charge on any atom is 0.0838 e. The standard InChI is InChI=1S/C10H10BrClO/c1-2-3-10(13)8-5-4-7(11)6-9(8)12/h2,4-6,10,13H,1,3H2. The van der Waals surface area contributed by atoms with Crippen molar-refractivity contribution in [3.63, 3.8) is 0 Å². The van der Waals surface area contributed by atoms with E-state index in [0.29, 0.717) is 11.4 Å². The normalized spacial score (nSPS) is 12.5. The molecular formula is C10H10BrClO. The summed E-state index contributed by atoms with van der Waals surface area (Å²) in [5, 5.41) is 10.2. The SMILES string of the molecule is C=CCC(O)c1ccc(Br)cc1Cl. The molecule has 3 heteroatoms. The van der Waals surface area contributed by atoms with Crippen molar-refractivity contribution in [2.24, 2.45) is 0 Å². The molecule has 1 aromatic carbocycles. The van der Waals surface area contributed by atoms with Gasteiger partial charge < -0.3 is 5.11 Å². The van der Waals surface area contributed by atoms with Gasteiger partial charge in [-0.1, -0.05) is 39.7 Å². The molecule has 1 aromatic rings. The van der Waals surface area contributed by atoms with Crippen LogP contribution >= 0.6 is 27.5 Å². The lowest BCUT2D eigenvalue weighted by molar-refractivity contribution is 0.182. The molecule has 0 aromatic heterocycles. The topological polar surface area (TPSA) is 20.2 Å². The van der Waals surface area contributed by atoms with Gasteiger partial charge in [0.15, 0.2) is 0 Å². The highest BCUT2D eigenvalue weighted by Gasteiger charge is 2.09. The summed E-state index contributed by atoms with van der Waals surface area (Å²) in [5.74, 6) is 0. The Kier molecular flexibility index (Phi) is 3.97. The maximum absolute atomic E-state index is 9.62. The molecular weight excluding hydrogens is 251 g/mol. The van der Waals surface area contributed by atoms with Gasteiger partial charge in [-0.15, -0.1) is 6.58 Å². The molecule has 0 fully saturated rings. The zero-order chi connectivity index (χ0) is 9.84. The third-order valence-corrected chi connectivity index (χ3v) is 2.53. The third kappa shape index (κ3) is 2.83. The fraction of sp³-hybridized carbons (Fsp3) is 0.200. The van der Waals surface area contributed by atoms with E-state index in [2.05, 4.69) is 22.5 Å². The summed E-state index contributed by atoms with van der Waals surface area (Å²) in [4.78, 5) is 0. The van der Waals surface area contributed by atoms with E-state index < -0.39 is 6.10 Å². The summed E-state index contributed by atoms with van der Waals surface area (Å²) in [5.41, 5.74) is 0.741. The van der Waals surface area contributed by atoms with Crippen LogP contribution in [-0.4, -0.2) is 5.11 Å². The quantitative estimate of drug-likeness (QED) is 0.822. The van der Waals surface area contributed by atoms with Crippen LogP contribution in [0.15, 0.2) is 35.3 Å².